The Morgan fingerprint density at radius 1 is 1.12 bits per heavy atom. The van der Waals surface area contributed by atoms with Crippen LogP contribution in [0.5, 0.6) is 0 Å². The molecule has 2 aromatic carbocycles. The third-order valence-corrected chi connectivity index (χ3v) is 5.98. The lowest BCUT2D eigenvalue weighted by molar-refractivity contribution is -0.940. The van der Waals surface area contributed by atoms with Gasteiger partial charge in [-0.25, -0.2) is 4.79 Å². The number of aryl methyl sites for hydroxylation is 1. The number of nitrogens with one attached hydrogen (secondary N) is 1. The molecule has 8 heteroatoms. The molecule has 0 radical (unpaired) electrons. The summed E-state index contributed by atoms with van der Waals surface area (Å²) in [4.78, 5) is 37.3. The first-order valence-electron chi connectivity index (χ1n) is 10.5. The van der Waals surface area contributed by atoms with Crippen LogP contribution in [0.2, 0.25) is 0 Å². The summed E-state index contributed by atoms with van der Waals surface area (Å²) >= 11 is 0. The summed E-state index contributed by atoms with van der Waals surface area (Å²) in [5, 5.41) is 2.92. The van der Waals surface area contributed by atoms with Gasteiger partial charge in [0, 0.05) is 5.56 Å². The maximum atomic E-state index is 13.2. The molecule has 0 bridgehead atoms. The van der Waals surface area contributed by atoms with Crippen molar-refractivity contribution in [3.05, 3.63) is 65.2 Å². The predicted octanol–water partition coefficient (Wildman–Crippen LogP) is -0.364. The molecule has 172 valence electrons. The number of primary amides is 1. The molecular formula is C24H30BrN3O4. The Labute approximate surface area is 199 Å². The molecule has 1 saturated heterocycles. The van der Waals surface area contributed by atoms with Crippen LogP contribution >= 0.6 is 0 Å². The number of carbonyl (C=O) groups excluding carboxylic acids is 3. The number of quaternary nitrogens is 1. The molecule has 1 aliphatic rings. The Morgan fingerprint density at radius 3 is 2.50 bits per heavy atom. The number of benzene rings is 2. The minimum Gasteiger partial charge on any atom is -1.00 e. The van der Waals surface area contributed by atoms with Crippen molar-refractivity contribution in [2.75, 3.05) is 32.1 Å². The number of likely N-dealkylation sites (tertiary alicyclic amines) is 1. The second-order valence-corrected chi connectivity index (χ2v) is 8.33. The van der Waals surface area contributed by atoms with E-state index in [0.29, 0.717) is 28.8 Å². The van der Waals surface area contributed by atoms with E-state index in [4.69, 9.17) is 10.5 Å². The van der Waals surface area contributed by atoms with Crippen molar-refractivity contribution >= 4 is 23.5 Å². The van der Waals surface area contributed by atoms with Gasteiger partial charge in [-0.05, 0) is 31.4 Å². The minimum atomic E-state index is -0.501. The number of halogens is 1. The van der Waals surface area contributed by atoms with Crippen LogP contribution in [0, 0.1) is 12.8 Å². The largest absolute Gasteiger partial charge is 1.00 e. The highest BCUT2D eigenvalue weighted by atomic mass is 79.9. The summed E-state index contributed by atoms with van der Waals surface area (Å²) in [5.41, 5.74) is 8.28. The van der Waals surface area contributed by atoms with E-state index in [2.05, 4.69) is 5.32 Å². The van der Waals surface area contributed by atoms with Crippen LogP contribution in [0.4, 0.5) is 5.69 Å². The molecule has 32 heavy (non-hydrogen) atoms. The average molecular weight is 504 g/mol. The molecule has 1 aliphatic heterocycles. The predicted molar refractivity (Wildman–Crippen MR) is 118 cm³/mol. The van der Waals surface area contributed by atoms with Crippen molar-refractivity contribution in [3.8, 4) is 0 Å². The number of carbonyl (C=O) groups is 3. The van der Waals surface area contributed by atoms with Gasteiger partial charge in [-0.1, -0.05) is 42.5 Å². The number of amides is 2. The first-order valence-corrected chi connectivity index (χ1v) is 10.5. The molecule has 2 amide bonds. The molecule has 0 aromatic heterocycles. The molecule has 2 atom stereocenters. The lowest BCUT2D eigenvalue weighted by Gasteiger charge is -2.43. The lowest BCUT2D eigenvalue weighted by Crippen LogP contribution is -3.00. The summed E-state index contributed by atoms with van der Waals surface area (Å²) < 4.78 is 5.30. The summed E-state index contributed by atoms with van der Waals surface area (Å²) in [6.07, 6.45) is 1.57. The van der Waals surface area contributed by atoms with Crippen molar-refractivity contribution < 1.29 is 40.6 Å². The molecule has 0 aliphatic carbocycles. The molecule has 0 saturated carbocycles. The van der Waals surface area contributed by atoms with Crippen molar-refractivity contribution in [2.24, 2.45) is 11.7 Å². The van der Waals surface area contributed by atoms with Crippen LogP contribution in [-0.4, -0.2) is 49.0 Å². The van der Waals surface area contributed by atoms with Crippen LogP contribution in [-0.2, 0) is 20.9 Å². The van der Waals surface area contributed by atoms with Gasteiger partial charge >= 0.3 is 5.97 Å². The third-order valence-electron chi connectivity index (χ3n) is 5.98. The van der Waals surface area contributed by atoms with Gasteiger partial charge in [0.05, 0.1) is 37.4 Å². The summed E-state index contributed by atoms with van der Waals surface area (Å²) in [7, 11) is 1.31. The molecular weight excluding hydrogens is 474 g/mol. The van der Waals surface area contributed by atoms with Gasteiger partial charge in [0.2, 0.25) is 5.91 Å². The number of anilines is 1. The normalized spacial score (nSPS) is 20.0. The zero-order chi connectivity index (χ0) is 22.4. The number of methoxy groups -OCH3 is 1. The number of hydrogen-bond donors (Lipinski definition) is 2. The molecule has 2 aromatic rings. The Hall–Kier alpha value is -2.71. The number of ether oxygens (including phenoxy) is 1. The molecule has 0 spiro atoms. The van der Waals surface area contributed by atoms with Crippen molar-refractivity contribution in [3.63, 3.8) is 0 Å². The Bertz CT molecular complexity index is 967. The fourth-order valence-corrected chi connectivity index (χ4v) is 4.47. The van der Waals surface area contributed by atoms with Gasteiger partial charge in [0.1, 0.15) is 6.54 Å². The highest BCUT2D eigenvalue weighted by molar-refractivity contribution is 6.02. The van der Waals surface area contributed by atoms with E-state index in [1.165, 1.54) is 7.11 Å². The van der Waals surface area contributed by atoms with Gasteiger partial charge in [0.15, 0.2) is 6.54 Å². The second-order valence-electron chi connectivity index (χ2n) is 8.33. The molecule has 3 rings (SSSR count). The molecule has 1 heterocycles. The van der Waals surface area contributed by atoms with E-state index >= 15 is 0 Å². The maximum Gasteiger partial charge on any atom is 0.339 e. The Kier molecular flexibility index (Phi) is 8.98. The number of para-hydroxylation sites is 1. The third kappa shape index (κ3) is 6.17. The van der Waals surface area contributed by atoms with E-state index < -0.39 is 5.97 Å². The van der Waals surface area contributed by atoms with Gasteiger partial charge < -0.3 is 37.3 Å². The van der Waals surface area contributed by atoms with Crippen molar-refractivity contribution in [2.45, 2.75) is 26.3 Å². The fraction of sp³-hybridized carbons (Fsp3) is 0.375. The quantitative estimate of drug-likeness (QED) is 0.398. The van der Waals surface area contributed by atoms with Crippen LogP contribution in [0.3, 0.4) is 0 Å². The summed E-state index contributed by atoms with van der Waals surface area (Å²) in [6.45, 7) is 3.96. The zero-order valence-corrected chi connectivity index (χ0v) is 20.1. The monoisotopic (exact) mass is 503 g/mol. The van der Waals surface area contributed by atoms with E-state index in [1.807, 2.05) is 43.3 Å². The number of hydrogen-bond acceptors (Lipinski definition) is 4. The topological polar surface area (TPSA) is 98.5 Å². The fourth-order valence-electron chi connectivity index (χ4n) is 4.47. The summed E-state index contributed by atoms with van der Waals surface area (Å²) in [6, 6.07) is 15.2. The number of esters is 1. The molecule has 1 fully saturated rings. The highest BCUT2D eigenvalue weighted by Gasteiger charge is 2.39. The van der Waals surface area contributed by atoms with E-state index in [-0.39, 0.29) is 41.3 Å². The van der Waals surface area contributed by atoms with E-state index in [0.717, 1.165) is 30.5 Å². The van der Waals surface area contributed by atoms with Crippen molar-refractivity contribution in [1.82, 2.24) is 0 Å². The van der Waals surface area contributed by atoms with Crippen LogP contribution in [0.25, 0.3) is 0 Å². The zero-order valence-electron chi connectivity index (χ0n) is 18.5. The van der Waals surface area contributed by atoms with Crippen LogP contribution < -0.4 is 28.0 Å². The van der Waals surface area contributed by atoms with Gasteiger partial charge in [-0.3, -0.25) is 9.59 Å². The first-order chi connectivity index (χ1) is 14.8. The lowest BCUT2D eigenvalue weighted by atomic mass is 9.94. The van der Waals surface area contributed by atoms with Gasteiger partial charge in [-0.15, -0.1) is 0 Å². The van der Waals surface area contributed by atoms with Gasteiger partial charge in [-0.2, -0.15) is 0 Å². The smallest absolute Gasteiger partial charge is 0.339 e. The van der Waals surface area contributed by atoms with Crippen molar-refractivity contribution in [1.29, 1.82) is 0 Å². The van der Waals surface area contributed by atoms with Crippen LogP contribution in [0.1, 0.15) is 34.3 Å². The van der Waals surface area contributed by atoms with Gasteiger partial charge in [0.25, 0.3) is 5.91 Å². The molecule has 3 N–H and O–H groups in total. The number of nitrogens with zero attached hydrogens (tertiary/aromatic N) is 1. The average Bonchev–Trinajstić information content (AvgIpc) is 2.75. The maximum absolute atomic E-state index is 13.2. The van der Waals surface area contributed by atoms with E-state index in [9.17, 15) is 14.4 Å². The first kappa shape index (κ1) is 25.5. The molecule has 7 nitrogen and oxygen atoms in total. The van der Waals surface area contributed by atoms with Crippen LogP contribution in [0.15, 0.2) is 48.5 Å². The minimum absolute atomic E-state index is 0. The standard InChI is InChI=1S/C24H29N3O4.BrH/c1-17-8-6-12-20(24(30)31-2)22(17)26-21(28)16-27(14-18-9-4-3-5-10-18)13-7-11-19(15-27)23(25)29;/h3-6,8-10,12,19H,7,11,13-16H2,1-2H3,(H2-,25,26,28,29,30);1H. The number of piperidine rings is 1. The highest BCUT2D eigenvalue weighted by Crippen LogP contribution is 2.28. The Balaban J connectivity index is 0.00000363. The summed E-state index contributed by atoms with van der Waals surface area (Å²) in [5.74, 6) is -1.28. The van der Waals surface area contributed by atoms with E-state index in [1.54, 1.807) is 12.1 Å². The second kappa shape index (κ2) is 11.2. The SMILES string of the molecule is COC(=O)c1cccc(C)c1NC(=O)C[N+]1(Cc2ccccc2)CCCC(C(N)=O)C1.[Br-]. The number of nitrogens with two attached hydrogens (primary N) is 1. The number of rotatable bonds is 7. The molecule has 2 unspecified atom stereocenters. The Morgan fingerprint density at radius 2 is 1.84 bits per heavy atom.